The van der Waals surface area contributed by atoms with E-state index in [1.54, 1.807) is 0 Å². The van der Waals surface area contributed by atoms with Gasteiger partial charge in [-0.15, -0.1) is 0 Å². The van der Waals surface area contributed by atoms with Crippen LogP contribution < -0.4 is 4.57 Å². The van der Waals surface area contributed by atoms with E-state index >= 15 is 0 Å². The number of hydrogen-bond donors (Lipinski definition) is 0. The minimum Gasteiger partial charge on any atom is -0.316 e. The Morgan fingerprint density at radius 2 is 1.80 bits per heavy atom. The summed E-state index contributed by atoms with van der Waals surface area (Å²) in [5.41, 5.74) is 7.46. The zero-order valence-electron chi connectivity index (χ0n) is 13.5. The number of hydrogen-bond acceptors (Lipinski definition) is 1. The molecule has 4 heteroatoms. The molecule has 1 aromatic carbocycles. The van der Waals surface area contributed by atoms with Gasteiger partial charge in [-0.2, -0.15) is 4.57 Å². The van der Waals surface area contributed by atoms with Crippen LogP contribution in [0.5, 0.6) is 0 Å². The zero-order chi connectivity index (χ0) is 16.4. The van der Waals surface area contributed by atoms with Crippen LogP contribution >= 0.6 is 0 Å². The number of fused-ring (bicyclic) bond motifs is 7. The Morgan fingerprint density at radius 3 is 2.72 bits per heavy atom. The molecule has 25 heavy (non-hydrogen) atoms. The Balaban J connectivity index is 1.83. The maximum Gasteiger partial charge on any atom is 0.296 e. The fourth-order valence-electron chi connectivity index (χ4n) is 4.07. The average molecular weight is 323 g/mol. The molecule has 4 aromatic heterocycles. The van der Waals surface area contributed by atoms with Crippen LogP contribution in [-0.2, 0) is 6.54 Å². The Morgan fingerprint density at radius 1 is 0.920 bits per heavy atom. The molecule has 0 radical (unpaired) electrons. The van der Waals surface area contributed by atoms with Gasteiger partial charge in [0.2, 0.25) is 5.52 Å². The molecule has 5 heterocycles. The fraction of sp³-hybridized carbons (Fsp3) is 0.0476. The lowest BCUT2D eigenvalue weighted by molar-refractivity contribution is -0.645. The average Bonchev–Trinajstić information content (AvgIpc) is 3.29. The van der Waals surface area contributed by atoms with Crippen molar-refractivity contribution in [2.75, 3.05) is 0 Å². The van der Waals surface area contributed by atoms with Gasteiger partial charge in [-0.3, -0.25) is 4.98 Å². The molecule has 0 fully saturated rings. The van der Waals surface area contributed by atoms with Gasteiger partial charge in [-0.05, 0) is 30.3 Å². The van der Waals surface area contributed by atoms with E-state index in [0.29, 0.717) is 0 Å². The van der Waals surface area contributed by atoms with Crippen LogP contribution in [-0.4, -0.2) is 14.0 Å². The first kappa shape index (κ1) is 13.0. The highest BCUT2D eigenvalue weighted by Crippen LogP contribution is 2.35. The number of imidazole rings is 1. The highest BCUT2D eigenvalue weighted by Gasteiger charge is 2.36. The topological polar surface area (TPSA) is 26.1 Å². The van der Waals surface area contributed by atoms with Crippen molar-refractivity contribution < 1.29 is 4.57 Å². The van der Waals surface area contributed by atoms with Gasteiger partial charge in [0.1, 0.15) is 12.2 Å². The SMILES string of the molecule is c1ccc(-n2c3[n+](c4c2cn2ccccc42)Cc2cnccc2-3)cc1. The van der Waals surface area contributed by atoms with Crippen LogP contribution in [0, 0.1) is 0 Å². The second-order valence-electron chi connectivity index (χ2n) is 6.47. The normalized spacial score (nSPS) is 12.6. The number of nitrogens with zero attached hydrogens (tertiary/aromatic N) is 4. The minimum absolute atomic E-state index is 0.864. The third-order valence-electron chi connectivity index (χ3n) is 5.10. The van der Waals surface area contributed by atoms with Gasteiger partial charge in [0, 0.05) is 24.2 Å². The molecule has 0 aliphatic carbocycles. The molecule has 6 rings (SSSR count). The molecule has 0 bridgehead atoms. The summed E-state index contributed by atoms with van der Waals surface area (Å²) in [6.45, 7) is 0.864. The first-order chi connectivity index (χ1) is 12.4. The second kappa shape index (κ2) is 4.57. The summed E-state index contributed by atoms with van der Waals surface area (Å²) in [5, 5.41) is 0. The Labute approximate surface area is 144 Å². The van der Waals surface area contributed by atoms with E-state index in [1.165, 1.54) is 39.2 Å². The van der Waals surface area contributed by atoms with Crippen LogP contribution in [0.25, 0.3) is 33.6 Å². The smallest absolute Gasteiger partial charge is 0.296 e. The summed E-state index contributed by atoms with van der Waals surface area (Å²) in [7, 11) is 0. The molecule has 0 spiro atoms. The zero-order valence-corrected chi connectivity index (χ0v) is 13.5. The van der Waals surface area contributed by atoms with Crippen molar-refractivity contribution in [1.82, 2.24) is 14.0 Å². The molecule has 118 valence electrons. The van der Waals surface area contributed by atoms with Gasteiger partial charge in [0.05, 0.1) is 17.3 Å². The van der Waals surface area contributed by atoms with Crippen molar-refractivity contribution in [1.29, 1.82) is 0 Å². The molecule has 5 aromatic rings. The summed E-state index contributed by atoms with van der Waals surface area (Å²) in [5.74, 6) is 1.24. The Bertz CT molecular complexity index is 1260. The van der Waals surface area contributed by atoms with Gasteiger partial charge in [0.15, 0.2) is 5.52 Å². The maximum atomic E-state index is 4.32. The fourth-order valence-corrected chi connectivity index (χ4v) is 4.07. The summed E-state index contributed by atoms with van der Waals surface area (Å²) in [4.78, 5) is 4.32. The second-order valence-corrected chi connectivity index (χ2v) is 6.47. The molecular formula is C21H15N4+. The summed E-state index contributed by atoms with van der Waals surface area (Å²) in [6, 6.07) is 19.1. The lowest BCUT2D eigenvalue weighted by Gasteiger charge is -2.01. The molecule has 0 amide bonds. The first-order valence-corrected chi connectivity index (χ1v) is 8.44. The standard InChI is InChI=1S/C21H15N4/c1-2-6-16(7-3-1)25-19-14-23-11-5-4-8-18(23)20(19)24-13-15-12-22-10-9-17(15)21(24)25/h1-12,14H,13H2/q+1. The van der Waals surface area contributed by atoms with Crippen molar-refractivity contribution in [3.63, 3.8) is 0 Å². The largest absolute Gasteiger partial charge is 0.316 e. The van der Waals surface area contributed by atoms with E-state index in [4.69, 9.17) is 0 Å². The van der Waals surface area contributed by atoms with E-state index in [-0.39, 0.29) is 0 Å². The molecule has 1 aliphatic rings. The van der Waals surface area contributed by atoms with Gasteiger partial charge >= 0.3 is 0 Å². The van der Waals surface area contributed by atoms with Crippen molar-refractivity contribution in [2.45, 2.75) is 6.54 Å². The number of para-hydroxylation sites is 1. The highest BCUT2D eigenvalue weighted by atomic mass is 15.2. The quantitative estimate of drug-likeness (QED) is 0.425. The van der Waals surface area contributed by atoms with Crippen LogP contribution in [0.3, 0.4) is 0 Å². The molecule has 0 N–H and O–H groups in total. The van der Waals surface area contributed by atoms with Crippen LogP contribution in [0.1, 0.15) is 5.56 Å². The number of benzene rings is 1. The van der Waals surface area contributed by atoms with Gasteiger partial charge < -0.3 is 4.40 Å². The lowest BCUT2D eigenvalue weighted by Crippen LogP contribution is -2.31. The third-order valence-corrected chi connectivity index (χ3v) is 5.10. The summed E-state index contributed by atoms with van der Waals surface area (Å²) >= 11 is 0. The number of pyridine rings is 2. The monoisotopic (exact) mass is 323 g/mol. The van der Waals surface area contributed by atoms with E-state index in [2.05, 4.69) is 85.5 Å². The first-order valence-electron chi connectivity index (χ1n) is 8.44. The van der Waals surface area contributed by atoms with Crippen LogP contribution in [0.2, 0.25) is 0 Å². The van der Waals surface area contributed by atoms with Gasteiger partial charge in [-0.25, -0.2) is 4.57 Å². The van der Waals surface area contributed by atoms with Crippen molar-refractivity contribution in [3.05, 3.63) is 84.9 Å². The van der Waals surface area contributed by atoms with Gasteiger partial charge in [0.25, 0.3) is 5.82 Å². The van der Waals surface area contributed by atoms with Crippen LogP contribution in [0.4, 0.5) is 0 Å². The number of rotatable bonds is 1. The highest BCUT2D eigenvalue weighted by molar-refractivity contribution is 5.93. The van der Waals surface area contributed by atoms with Crippen LogP contribution in [0.15, 0.2) is 79.4 Å². The Hall–Kier alpha value is -3.40. The molecule has 0 saturated heterocycles. The number of aromatic nitrogens is 4. The predicted octanol–water partition coefficient (Wildman–Crippen LogP) is 3.59. The third kappa shape index (κ3) is 1.61. The molecule has 0 atom stereocenters. The van der Waals surface area contributed by atoms with E-state index in [9.17, 15) is 0 Å². The van der Waals surface area contributed by atoms with E-state index in [0.717, 1.165) is 6.54 Å². The van der Waals surface area contributed by atoms with Crippen molar-refractivity contribution in [2.24, 2.45) is 0 Å². The summed E-state index contributed by atoms with van der Waals surface area (Å²) in [6.07, 6.45) is 8.21. The van der Waals surface area contributed by atoms with Crippen molar-refractivity contribution in [3.8, 4) is 17.1 Å². The minimum atomic E-state index is 0.864. The molecule has 0 saturated carbocycles. The molecule has 4 nitrogen and oxygen atoms in total. The Kier molecular flexibility index (Phi) is 2.37. The predicted molar refractivity (Wildman–Crippen MR) is 96.8 cm³/mol. The van der Waals surface area contributed by atoms with E-state index in [1.807, 2.05) is 12.4 Å². The molecule has 1 aliphatic heterocycles. The molecule has 0 unspecified atom stereocenters. The van der Waals surface area contributed by atoms with E-state index < -0.39 is 0 Å². The van der Waals surface area contributed by atoms with Gasteiger partial charge in [-0.1, -0.05) is 24.3 Å². The summed E-state index contributed by atoms with van der Waals surface area (Å²) < 4.78 is 7.00. The molecular weight excluding hydrogens is 308 g/mol. The van der Waals surface area contributed by atoms with Crippen molar-refractivity contribution >= 4 is 16.6 Å². The maximum absolute atomic E-state index is 4.32. The lowest BCUT2D eigenvalue weighted by atomic mass is 10.1.